The number of allylic oxidation sites excluding steroid dienone is 2. The van der Waals surface area contributed by atoms with Crippen LogP contribution in [0, 0.1) is 11.6 Å². The van der Waals surface area contributed by atoms with E-state index in [1.807, 2.05) is 0 Å². The molecule has 2 rings (SSSR count). The van der Waals surface area contributed by atoms with Crippen molar-refractivity contribution in [3.05, 3.63) is 89.5 Å². The summed E-state index contributed by atoms with van der Waals surface area (Å²) in [5.41, 5.74) is 0.693. The molecule has 0 radical (unpaired) electrons. The summed E-state index contributed by atoms with van der Waals surface area (Å²) >= 11 is 0. The van der Waals surface area contributed by atoms with Gasteiger partial charge >= 0.3 is 5.97 Å². The Morgan fingerprint density at radius 3 is 1.81 bits per heavy atom. The largest absolute Gasteiger partial charge is 0.478 e. The van der Waals surface area contributed by atoms with E-state index in [-0.39, 0.29) is 16.7 Å². The van der Waals surface area contributed by atoms with Gasteiger partial charge in [-0.2, -0.15) is 0 Å². The summed E-state index contributed by atoms with van der Waals surface area (Å²) in [7, 11) is 0. The Kier molecular flexibility index (Phi) is 4.61. The second kappa shape index (κ2) is 6.61. The van der Waals surface area contributed by atoms with Crippen LogP contribution >= 0.6 is 0 Å². The van der Waals surface area contributed by atoms with Crippen LogP contribution < -0.4 is 0 Å². The smallest absolute Gasteiger partial charge is 0.328 e. The summed E-state index contributed by atoms with van der Waals surface area (Å²) in [6.45, 7) is 0. The monoisotopic (exact) mass is 286 g/mol. The molecule has 0 spiro atoms. The maximum atomic E-state index is 13.9. The van der Waals surface area contributed by atoms with Gasteiger partial charge in [0.15, 0.2) is 0 Å². The molecule has 2 aromatic carbocycles. The van der Waals surface area contributed by atoms with Crippen molar-refractivity contribution in [2.45, 2.75) is 0 Å². The maximum absolute atomic E-state index is 13.9. The molecule has 0 aliphatic rings. The molecule has 1 N–H and O–H groups in total. The second-order valence-corrected chi connectivity index (χ2v) is 4.24. The molecule has 0 aliphatic carbocycles. The fraction of sp³-hybridized carbons (Fsp3) is 0. The van der Waals surface area contributed by atoms with Gasteiger partial charge in [-0.05, 0) is 17.7 Å². The third kappa shape index (κ3) is 3.63. The molecule has 0 unspecified atom stereocenters. The summed E-state index contributed by atoms with van der Waals surface area (Å²) < 4.78 is 27.9. The van der Waals surface area contributed by atoms with Crippen molar-refractivity contribution in [2.24, 2.45) is 0 Å². The lowest BCUT2D eigenvalue weighted by atomic mass is 9.96. The predicted octanol–water partition coefficient (Wildman–Crippen LogP) is 4.04. The summed E-state index contributed by atoms with van der Waals surface area (Å²) in [4.78, 5) is 10.5. The molecule has 0 atom stereocenters. The normalized spacial score (nSPS) is 10.6. The Morgan fingerprint density at radius 2 is 1.38 bits per heavy atom. The number of halogens is 2. The summed E-state index contributed by atoms with van der Waals surface area (Å²) in [5.74, 6) is -2.14. The molecule has 0 saturated carbocycles. The number of hydrogen-bond donors (Lipinski definition) is 1. The number of carbonyl (C=O) groups is 1. The molecule has 0 bridgehead atoms. The zero-order chi connectivity index (χ0) is 15.2. The molecular formula is C17H12F2O2. The molecule has 21 heavy (non-hydrogen) atoms. The molecule has 2 nitrogen and oxygen atoms in total. The molecule has 0 aliphatic heterocycles. The molecule has 0 aromatic heterocycles. The molecule has 0 fully saturated rings. The first kappa shape index (κ1) is 14.7. The number of carboxylic acid groups (broad SMARTS) is 1. The minimum atomic E-state index is -1.13. The van der Waals surface area contributed by atoms with Crippen LogP contribution in [0.25, 0.3) is 5.57 Å². The zero-order valence-corrected chi connectivity index (χ0v) is 11.0. The predicted molar refractivity (Wildman–Crippen MR) is 76.7 cm³/mol. The first-order valence-corrected chi connectivity index (χ1v) is 6.20. The number of hydrogen-bond acceptors (Lipinski definition) is 1. The van der Waals surface area contributed by atoms with Gasteiger partial charge in [-0.1, -0.05) is 48.6 Å². The number of carboxylic acids is 1. The highest BCUT2D eigenvalue weighted by Crippen LogP contribution is 2.27. The van der Waals surface area contributed by atoms with Gasteiger partial charge < -0.3 is 5.11 Å². The third-order valence-corrected chi connectivity index (χ3v) is 2.83. The zero-order valence-electron chi connectivity index (χ0n) is 11.0. The van der Waals surface area contributed by atoms with Crippen LogP contribution in [0.5, 0.6) is 0 Å². The summed E-state index contributed by atoms with van der Waals surface area (Å²) in [5, 5.41) is 8.61. The Balaban J connectivity index is 2.58. The van der Waals surface area contributed by atoms with Crippen molar-refractivity contribution in [2.75, 3.05) is 0 Å². The Labute approximate surface area is 120 Å². The number of aliphatic carboxylic acids is 1. The third-order valence-electron chi connectivity index (χ3n) is 2.83. The Morgan fingerprint density at radius 1 is 0.905 bits per heavy atom. The van der Waals surface area contributed by atoms with E-state index in [1.54, 1.807) is 12.1 Å². The Bertz CT molecular complexity index is 671. The topological polar surface area (TPSA) is 37.3 Å². The van der Waals surface area contributed by atoms with Gasteiger partial charge in [-0.3, -0.25) is 0 Å². The van der Waals surface area contributed by atoms with Gasteiger partial charge in [0.05, 0.1) is 0 Å². The van der Waals surface area contributed by atoms with E-state index < -0.39 is 17.6 Å². The van der Waals surface area contributed by atoms with E-state index in [1.165, 1.54) is 48.6 Å². The van der Waals surface area contributed by atoms with E-state index >= 15 is 0 Å². The van der Waals surface area contributed by atoms with Crippen molar-refractivity contribution in [3.63, 3.8) is 0 Å². The van der Waals surface area contributed by atoms with Gasteiger partial charge in [-0.15, -0.1) is 0 Å². The van der Waals surface area contributed by atoms with Gasteiger partial charge in [0, 0.05) is 17.2 Å². The average molecular weight is 286 g/mol. The van der Waals surface area contributed by atoms with Crippen LogP contribution in [0.2, 0.25) is 0 Å². The minimum Gasteiger partial charge on any atom is -0.478 e. The second-order valence-electron chi connectivity index (χ2n) is 4.24. The molecule has 106 valence electrons. The van der Waals surface area contributed by atoms with Crippen molar-refractivity contribution < 1.29 is 18.7 Å². The summed E-state index contributed by atoms with van der Waals surface area (Å²) in [6.07, 6.45) is 3.53. The highest BCUT2D eigenvalue weighted by atomic mass is 19.1. The maximum Gasteiger partial charge on any atom is 0.328 e. The van der Waals surface area contributed by atoms with Crippen molar-refractivity contribution in [3.8, 4) is 0 Å². The molecule has 0 saturated heterocycles. The first-order chi connectivity index (χ1) is 10.1. The SMILES string of the molecule is O=C(O)/C=C\C=C(c1ccccc1F)c1ccccc1F. The van der Waals surface area contributed by atoms with E-state index in [4.69, 9.17) is 5.11 Å². The fourth-order valence-corrected chi connectivity index (χ4v) is 1.91. The highest BCUT2D eigenvalue weighted by Gasteiger charge is 2.12. The van der Waals surface area contributed by atoms with Gasteiger partial charge in [0.2, 0.25) is 0 Å². The molecule has 4 heteroatoms. The van der Waals surface area contributed by atoms with Crippen LogP contribution in [0.4, 0.5) is 8.78 Å². The van der Waals surface area contributed by atoms with Crippen LogP contribution in [-0.4, -0.2) is 11.1 Å². The van der Waals surface area contributed by atoms with Crippen molar-refractivity contribution in [1.82, 2.24) is 0 Å². The molecule has 0 amide bonds. The molecule has 0 heterocycles. The van der Waals surface area contributed by atoms with Crippen LogP contribution in [-0.2, 0) is 4.79 Å². The Hall–Kier alpha value is -2.75. The first-order valence-electron chi connectivity index (χ1n) is 6.20. The standard InChI is InChI=1S/C17H12F2O2/c18-15-9-3-1-6-13(15)12(8-5-11-17(20)21)14-7-2-4-10-16(14)19/h1-11H,(H,20,21)/b11-5-. The molecular weight excluding hydrogens is 274 g/mol. The average Bonchev–Trinajstić information content (AvgIpc) is 2.45. The number of rotatable bonds is 4. The lowest BCUT2D eigenvalue weighted by Crippen LogP contribution is -1.95. The molecule has 2 aromatic rings. The van der Waals surface area contributed by atoms with Gasteiger partial charge in [0.25, 0.3) is 0 Å². The van der Waals surface area contributed by atoms with E-state index in [9.17, 15) is 13.6 Å². The van der Waals surface area contributed by atoms with Crippen LogP contribution in [0.1, 0.15) is 11.1 Å². The van der Waals surface area contributed by atoms with E-state index in [0.29, 0.717) is 0 Å². The lowest BCUT2D eigenvalue weighted by molar-refractivity contribution is -0.131. The van der Waals surface area contributed by atoms with Crippen LogP contribution in [0.15, 0.2) is 66.8 Å². The quantitative estimate of drug-likeness (QED) is 0.680. The van der Waals surface area contributed by atoms with E-state index in [2.05, 4.69) is 0 Å². The van der Waals surface area contributed by atoms with Crippen molar-refractivity contribution in [1.29, 1.82) is 0 Å². The van der Waals surface area contributed by atoms with Crippen molar-refractivity contribution >= 4 is 11.5 Å². The minimum absolute atomic E-state index is 0.206. The van der Waals surface area contributed by atoms with E-state index in [0.717, 1.165) is 6.08 Å². The summed E-state index contributed by atoms with van der Waals surface area (Å²) in [6, 6.07) is 11.9. The van der Waals surface area contributed by atoms with Gasteiger partial charge in [-0.25, -0.2) is 13.6 Å². The lowest BCUT2D eigenvalue weighted by Gasteiger charge is -2.09. The highest BCUT2D eigenvalue weighted by molar-refractivity contribution is 5.84. The van der Waals surface area contributed by atoms with Gasteiger partial charge in [0.1, 0.15) is 11.6 Å². The fourth-order valence-electron chi connectivity index (χ4n) is 1.91. The number of benzene rings is 2. The van der Waals surface area contributed by atoms with Crippen LogP contribution in [0.3, 0.4) is 0 Å².